The average Bonchev–Trinajstić information content (AvgIpc) is 2.85. The van der Waals surface area contributed by atoms with Crippen LogP contribution in [0.4, 0.5) is 0 Å². The van der Waals surface area contributed by atoms with Crippen LogP contribution in [0.5, 0.6) is 0 Å². The van der Waals surface area contributed by atoms with Crippen molar-refractivity contribution in [3.8, 4) is 17.3 Å². The summed E-state index contributed by atoms with van der Waals surface area (Å²) in [4.78, 5) is 26.1. The second-order valence-electron chi connectivity index (χ2n) is 8.06. The minimum absolute atomic E-state index is 0.0696. The van der Waals surface area contributed by atoms with Gasteiger partial charge in [-0.05, 0) is 54.4 Å². The van der Waals surface area contributed by atoms with Crippen molar-refractivity contribution in [2.45, 2.75) is 13.8 Å². The molecule has 6 heteroatoms. The Morgan fingerprint density at radius 1 is 0.941 bits per heavy atom. The van der Waals surface area contributed by atoms with Gasteiger partial charge in [-0.25, -0.2) is 4.79 Å². The smallest absolute Gasteiger partial charge is 0.345 e. The zero-order valence-electron chi connectivity index (χ0n) is 18.6. The van der Waals surface area contributed by atoms with Gasteiger partial charge in [0.2, 0.25) is 0 Å². The lowest BCUT2D eigenvalue weighted by molar-refractivity contribution is 0.562. The quantitative estimate of drug-likeness (QED) is 0.216. The van der Waals surface area contributed by atoms with Crippen molar-refractivity contribution >= 4 is 27.5 Å². The van der Waals surface area contributed by atoms with Gasteiger partial charge >= 0.3 is 5.63 Å². The van der Waals surface area contributed by atoms with E-state index in [1.54, 1.807) is 25.1 Å². The highest BCUT2D eigenvalue weighted by Gasteiger charge is 2.16. The largest absolute Gasteiger partial charge is 0.422 e. The van der Waals surface area contributed by atoms with Crippen LogP contribution in [-0.2, 0) is 0 Å². The Labute approximate surface area is 194 Å². The number of hydrogen-bond donors (Lipinski definition) is 0. The van der Waals surface area contributed by atoms with E-state index in [1.165, 1.54) is 6.07 Å². The van der Waals surface area contributed by atoms with Crippen LogP contribution in [0.25, 0.3) is 33.0 Å². The molecule has 0 atom stereocenters. The number of aromatic nitrogens is 1. The molecule has 0 N–H and O–H groups in total. The number of nitriles is 1. The Morgan fingerprint density at radius 3 is 2.47 bits per heavy atom. The third kappa shape index (κ3) is 3.59. The molecular weight excluding hydrogens is 426 g/mol. The van der Waals surface area contributed by atoms with Gasteiger partial charge in [-0.3, -0.25) is 4.79 Å². The molecular formula is C28H19N3O3. The number of hydrogen-bond acceptors (Lipinski definition) is 5. The SMILES string of the molecule is CC(=Nn1c(-c2cc3c(ccc4ccccc43)oc2=O)ccc(C#N)c1=O)c1ccc(C)cc1. The molecule has 2 heterocycles. The summed E-state index contributed by atoms with van der Waals surface area (Å²) in [6, 6.07) is 25.7. The van der Waals surface area contributed by atoms with E-state index in [2.05, 4.69) is 5.10 Å². The highest BCUT2D eigenvalue weighted by molar-refractivity contribution is 6.06. The standard InChI is InChI=1S/C28H19N3O3/c1-17-7-9-19(10-8-17)18(2)30-31-25(13-11-21(16-29)27(31)32)24-15-23-22-6-4-3-5-20(22)12-14-26(23)34-28(24)33/h3-15H,1-2H3. The third-order valence-corrected chi connectivity index (χ3v) is 5.82. The summed E-state index contributed by atoms with van der Waals surface area (Å²) in [7, 11) is 0. The zero-order chi connectivity index (χ0) is 23.8. The van der Waals surface area contributed by atoms with Crippen molar-refractivity contribution in [3.05, 3.63) is 116 Å². The van der Waals surface area contributed by atoms with Crippen molar-refractivity contribution in [2.75, 3.05) is 0 Å². The number of nitrogens with zero attached hydrogens (tertiary/aromatic N) is 3. The molecule has 3 aromatic carbocycles. The van der Waals surface area contributed by atoms with Crippen LogP contribution in [-0.4, -0.2) is 10.4 Å². The van der Waals surface area contributed by atoms with Crippen molar-refractivity contribution < 1.29 is 4.42 Å². The first-order valence-electron chi connectivity index (χ1n) is 10.7. The van der Waals surface area contributed by atoms with Crippen LogP contribution in [0.15, 0.2) is 98.0 Å². The summed E-state index contributed by atoms with van der Waals surface area (Å²) >= 11 is 0. The van der Waals surface area contributed by atoms with Gasteiger partial charge in [0.1, 0.15) is 17.2 Å². The molecule has 5 rings (SSSR count). The van der Waals surface area contributed by atoms with Crippen molar-refractivity contribution in [2.24, 2.45) is 5.10 Å². The molecule has 0 radical (unpaired) electrons. The summed E-state index contributed by atoms with van der Waals surface area (Å²) in [6.07, 6.45) is 0. The van der Waals surface area contributed by atoms with Gasteiger partial charge in [0.15, 0.2) is 0 Å². The van der Waals surface area contributed by atoms with Gasteiger partial charge in [0.05, 0.1) is 17.0 Å². The Kier molecular flexibility index (Phi) is 5.15. The molecule has 6 nitrogen and oxygen atoms in total. The van der Waals surface area contributed by atoms with E-state index in [0.29, 0.717) is 11.3 Å². The molecule has 0 saturated heterocycles. The number of pyridine rings is 1. The predicted octanol–water partition coefficient (Wildman–Crippen LogP) is 5.23. The van der Waals surface area contributed by atoms with E-state index in [0.717, 1.165) is 32.0 Å². The molecule has 0 fully saturated rings. The minimum Gasteiger partial charge on any atom is -0.422 e. The van der Waals surface area contributed by atoms with Crippen LogP contribution in [0, 0.1) is 18.3 Å². The third-order valence-electron chi connectivity index (χ3n) is 5.82. The Balaban J connectivity index is 1.79. The van der Waals surface area contributed by atoms with E-state index >= 15 is 0 Å². The fraction of sp³-hybridized carbons (Fsp3) is 0.0714. The predicted molar refractivity (Wildman–Crippen MR) is 133 cm³/mol. The van der Waals surface area contributed by atoms with Gasteiger partial charge in [0.25, 0.3) is 5.56 Å². The molecule has 0 aliphatic heterocycles. The van der Waals surface area contributed by atoms with Gasteiger partial charge < -0.3 is 4.42 Å². The summed E-state index contributed by atoms with van der Waals surface area (Å²) in [5, 5.41) is 16.6. The Morgan fingerprint density at radius 2 is 1.71 bits per heavy atom. The Bertz CT molecular complexity index is 1770. The first kappa shape index (κ1) is 21.1. The van der Waals surface area contributed by atoms with E-state index in [4.69, 9.17) is 4.42 Å². The zero-order valence-corrected chi connectivity index (χ0v) is 18.6. The Hall–Kier alpha value is -4.76. The van der Waals surface area contributed by atoms with E-state index in [1.807, 2.05) is 67.6 Å². The first-order valence-corrected chi connectivity index (χ1v) is 10.7. The van der Waals surface area contributed by atoms with Crippen LogP contribution in [0.3, 0.4) is 0 Å². The molecule has 5 aromatic rings. The lowest BCUT2D eigenvalue weighted by Gasteiger charge is -2.11. The molecule has 0 aliphatic carbocycles. The fourth-order valence-corrected chi connectivity index (χ4v) is 3.97. The monoisotopic (exact) mass is 445 g/mol. The fourth-order valence-electron chi connectivity index (χ4n) is 3.97. The van der Waals surface area contributed by atoms with Crippen molar-refractivity contribution in [3.63, 3.8) is 0 Å². The normalized spacial score (nSPS) is 11.6. The summed E-state index contributed by atoms with van der Waals surface area (Å²) in [5.41, 5.74) is 2.10. The highest BCUT2D eigenvalue weighted by atomic mass is 16.4. The molecule has 0 spiro atoms. The molecule has 0 saturated carbocycles. The van der Waals surface area contributed by atoms with E-state index in [-0.39, 0.29) is 16.8 Å². The van der Waals surface area contributed by atoms with Crippen molar-refractivity contribution in [1.29, 1.82) is 5.26 Å². The molecule has 34 heavy (non-hydrogen) atoms. The molecule has 2 aromatic heterocycles. The first-order chi connectivity index (χ1) is 16.5. The molecule has 0 unspecified atom stereocenters. The summed E-state index contributed by atoms with van der Waals surface area (Å²) < 4.78 is 6.73. The average molecular weight is 445 g/mol. The maximum Gasteiger partial charge on any atom is 0.345 e. The van der Waals surface area contributed by atoms with Gasteiger partial charge in [-0.2, -0.15) is 15.0 Å². The highest BCUT2D eigenvalue weighted by Crippen LogP contribution is 2.28. The van der Waals surface area contributed by atoms with Gasteiger partial charge in [-0.1, -0.05) is 60.2 Å². The maximum absolute atomic E-state index is 13.1. The number of benzene rings is 3. The molecule has 0 bridgehead atoms. The second kappa shape index (κ2) is 8.30. The molecule has 0 aliphatic rings. The topological polar surface area (TPSA) is 88.4 Å². The minimum atomic E-state index is -0.608. The number of fused-ring (bicyclic) bond motifs is 3. The van der Waals surface area contributed by atoms with Gasteiger partial charge in [0, 0.05) is 5.39 Å². The van der Waals surface area contributed by atoms with E-state index in [9.17, 15) is 14.9 Å². The number of aryl methyl sites for hydroxylation is 1. The molecule has 0 amide bonds. The lowest BCUT2D eigenvalue weighted by atomic mass is 10.0. The molecule has 164 valence electrons. The van der Waals surface area contributed by atoms with Crippen LogP contribution < -0.4 is 11.2 Å². The van der Waals surface area contributed by atoms with Crippen LogP contribution in [0.1, 0.15) is 23.6 Å². The number of rotatable bonds is 3. The van der Waals surface area contributed by atoms with Crippen molar-refractivity contribution in [1.82, 2.24) is 4.68 Å². The maximum atomic E-state index is 13.1. The second-order valence-corrected chi connectivity index (χ2v) is 8.06. The lowest BCUT2D eigenvalue weighted by Crippen LogP contribution is -2.23. The van der Waals surface area contributed by atoms with Crippen LogP contribution >= 0.6 is 0 Å². The van der Waals surface area contributed by atoms with Gasteiger partial charge in [-0.15, -0.1) is 0 Å². The van der Waals surface area contributed by atoms with Crippen LogP contribution in [0.2, 0.25) is 0 Å². The summed E-state index contributed by atoms with van der Waals surface area (Å²) in [5.74, 6) is 0. The summed E-state index contributed by atoms with van der Waals surface area (Å²) in [6.45, 7) is 3.76. The van der Waals surface area contributed by atoms with E-state index < -0.39 is 11.2 Å².